The number of rotatable bonds is 8. The smallest absolute Gasteiger partial charge is 0.0166 e. The second-order valence-corrected chi connectivity index (χ2v) is 5.46. The number of hydrogen-bond acceptors (Lipinski definition) is 2. The van der Waals surface area contributed by atoms with Gasteiger partial charge in [0.1, 0.15) is 0 Å². The van der Waals surface area contributed by atoms with E-state index in [0.717, 1.165) is 18.4 Å². The van der Waals surface area contributed by atoms with Gasteiger partial charge in [0.15, 0.2) is 0 Å². The summed E-state index contributed by atoms with van der Waals surface area (Å²) in [5.74, 6) is 1.52. The van der Waals surface area contributed by atoms with E-state index in [9.17, 15) is 0 Å². The van der Waals surface area contributed by atoms with Gasteiger partial charge in [-0.05, 0) is 25.3 Å². The zero-order valence-corrected chi connectivity index (χ0v) is 11.5. The average Bonchev–Trinajstić information content (AvgIpc) is 2.00. The Morgan fingerprint density at radius 2 is 1.33 bits per heavy atom. The second-order valence-electron chi connectivity index (χ2n) is 5.46. The van der Waals surface area contributed by atoms with E-state index in [1.165, 1.54) is 19.6 Å². The van der Waals surface area contributed by atoms with Crippen molar-refractivity contribution in [1.29, 1.82) is 0 Å². The van der Waals surface area contributed by atoms with Crippen molar-refractivity contribution in [1.82, 2.24) is 10.2 Å². The van der Waals surface area contributed by atoms with Gasteiger partial charge in [-0.3, -0.25) is 0 Å². The molecule has 0 aliphatic heterocycles. The van der Waals surface area contributed by atoms with Gasteiger partial charge < -0.3 is 10.2 Å². The largest absolute Gasteiger partial charge is 0.313 e. The van der Waals surface area contributed by atoms with Crippen molar-refractivity contribution in [3.05, 3.63) is 0 Å². The minimum absolute atomic E-state index is 0.604. The van der Waals surface area contributed by atoms with Crippen LogP contribution in [0, 0.1) is 11.8 Å². The van der Waals surface area contributed by atoms with Gasteiger partial charge in [0, 0.05) is 25.7 Å². The van der Waals surface area contributed by atoms with Crippen LogP contribution in [-0.4, -0.2) is 37.1 Å². The number of nitrogens with zero attached hydrogens (tertiary/aromatic N) is 1. The van der Waals surface area contributed by atoms with E-state index in [0.29, 0.717) is 6.04 Å². The second kappa shape index (κ2) is 8.12. The fourth-order valence-electron chi connectivity index (χ4n) is 2.06. The molecule has 0 rings (SSSR count). The molecule has 0 saturated carbocycles. The Bertz CT molecular complexity index is 133. The van der Waals surface area contributed by atoms with Crippen molar-refractivity contribution in [3.63, 3.8) is 0 Å². The average molecular weight is 214 g/mol. The maximum absolute atomic E-state index is 3.48. The maximum atomic E-state index is 3.48. The zero-order chi connectivity index (χ0) is 11.8. The summed E-state index contributed by atoms with van der Waals surface area (Å²) >= 11 is 0. The van der Waals surface area contributed by atoms with E-state index in [2.05, 4.69) is 51.8 Å². The van der Waals surface area contributed by atoms with Crippen LogP contribution in [0.15, 0.2) is 0 Å². The first-order valence-electron chi connectivity index (χ1n) is 6.41. The standard InChI is InChI=1S/C13H30N2/c1-7-14-13(6)10-15(8-11(2)3)9-12(4)5/h11-14H,7-10H2,1-6H3. The molecule has 92 valence electrons. The Balaban J connectivity index is 3.99. The lowest BCUT2D eigenvalue weighted by atomic mass is 10.1. The Morgan fingerprint density at radius 1 is 0.867 bits per heavy atom. The van der Waals surface area contributed by atoms with Crippen LogP contribution in [0.1, 0.15) is 41.5 Å². The number of nitrogens with one attached hydrogen (secondary N) is 1. The fraction of sp³-hybridized carbons (Fsp3) is 1.00. The maximum Gasteiger partial charge on any atom is 0.0166 e. The van der Waals surface area contributed by atoms with E-state index in [1.807, 2.05) is 0 Å². The summed E-state index contributed by atoms with van der Waals surface area (Å²) in [6, 6.07) is 0.604. The van der Waals surface area contributed by atoms with Gasteiger partial charge in [-0.2, -0.15) is 0 Å². The third-order valence-electron chi connectivity index (χ3n) is 2.33. The molecule has 0 bridgehead atoms. The van der Waals surface area contributed by atoms with Crippen LogP contribution in [0.2, 0.25) is 0 Å². The Morgan fingerprint density at radius 3 is 1.67 bits per heavy atom. The van der Waals surface area contributed by atoms with Gasteiger partial charge in [0.05, 0.1) is 0 Å². The Hall–Kier alpha value is -0.0800. The van der Waals surface area contributed by atoms with Crippen LogP contribution in [0.3, 0.4) is 0 Å². The third kappa shape index (κ3) is 8.88. The first kappa shape index (κ1) is 14.9. The van der Waals surface area contributed by atoms with Crippen LogP contribution >= 0.6 is 0 Å². The molecule has 0 amide bonds. The summed E-state index contributed by atoms with van der Waals surface area (Å²) in [5.41, 5.74) is 0. The van der Waals surface area contributed by atoms with Crippen molar-refractivity contribution < 1.29 is 0 Å². The molecular weight excluding hydrogens is 184 g/mol. The molecule has 0 aliphatic carbocycles. The molecule has 0 aromatic heterocycles. The van der Waals surface area contributed by atoms with Crippen molar-refractivity contribution >= 4 is 0 Å². The molecule has 0 fully saturated rings. The highest BCUT2D eigenvalue weighted by Crippen LogP contribution is 2.04. The summed E-state index contributed by atoms with van der Waals surface area (Å²) in [7, 11) is 0. The molecule has 0 aromatic rings. The van der Waals surface area contributed by atoms with Crippen molar-refractivity contribution in [3.8, 4) is 0 Å². The van der Waals surface area contributed by atoms with Crippen LogP contribution < -0.4 is 5.32 Å². The van der Waals surface area contributed by atoms with E-state index >= 15 is 0 Å². The highest BCUT2D eigenvalue weighted by molar-refractivity contribution is 4.69. The van der Waals surface area contributed by atoms with Crippen LogP contribution in [0.5, 0.6) is 0 Å². The molecule has 0 radical (unpaired) electrons. The Labute approximate surface area is 96.4 Å². The summed E-state index contributed by atoms with van der Waals surface area (Å²) < 4.78 is 0. The minimum Gasteiger partial charge on any atom is -0.313 e. The molecular formula is C13H30N2. The lowest BCUT2D eigenvalue weighted by Gasteiger charge is -2.29. The van der Waals surface area contributed by atoms with Gasteiger partial charge in [-0.1, -0.05) is 34.6 Å². The van der Waals surface area contributed by atoms with Crippen LogP contribution in [-0.2, 0) is 0 Å². The summed E-state index contributed by atoms with van der Waals surface area (Å²) in [6.45, 7) is 18.3. The third-order valence-corrected chi connectivity index (χ3v) is 2.33. The van der Waals surface area contributed by atoms with Gasteiger partial charge in [0.25, 0.3) is 0 Å². The highest BCUT2D eigenvalue weighted by Gasteiger charge is 2.12. The Kier molecular flexibility index (Phi) is 8.07. The topological polar surface area (TPSA) is 15.3 Å². The van der Waals surface area contributed by atoms with Crippen molar-refractivity contribution in [2.75, 3.05) is 26.2 Å². The molecule has 0 heterocycles. The van der Waals surface area contributed by atoms with Gasteiger partial charge in [0.2, 0.25) is 0 Å². The van der Waals surface area contributed by atoms with E-state index in [1.54, 1.807) is 0 Å². The van der Waals surface area contributed by atoms with E-state index < -0.39 is 0 Å². The number of hydrogen-bond donors (Lipinski definition) is 1. The predicted molar refractivity (Wildman–Crippen MR) is 69.3 cm³/mol. The molecule has 1 N–H and O–H groups in total. The first-order chi connectivity index (χ1) is 6.95. The molecule has 0 aromatic carbocycles. The molecule has 0 saturated heterocycles. The van der Waals surface area contributed by atoms with Crippen LogP contribution in [0.25, 0.3) is 0 Å². The highest BCUT2D eigenvalue weighted by atomic mass is 15.1. The van der Waals surface area contributed by atoms with Gasteiger partial charge >= 0.3 is 0 Å². The summed E-state index contributed by atoms with van der Waals surface area (Å²) in [4.78, 5) is 2.59. The predicted octanol–water partition coefficient (Wildman–Crippen LogP) is 2.60. The minimum atomic E-state index is 0.604. The monoisotopic (exact) mass is 214 g/mol. The molecule has 2 heteroatoms. The van der Waals surface area contributed by atoms with E-state index in [4.69, 9.17) is 0 Å². The summed E-state index contributed by atoms with van der Waals surface area (Å²) in [6.07, 6.45) is 0. The zero-order valence-electron chi connectivity index (χ0n) is 11.5. The van der Waals surface area contributed by atoms with E-state index in [-0.39, 0.29) is 0 Å². The van der Waals surface area contributed by atoms with Gasteiger partial charge in [-0.15, -0.1) is 0 Å². The SMILES string of the molecule is CCNC(C)CN(CC(C)C)CC(C)C. The molecule has 0 spiro atoms. The molecule has 15 heavy (non-hydrogen) atoms. The van der Waals surface area contributed by atoms with Gasteiger partial charge in [-0.25, -0.2) is 0 Å². The normalized spacial score (nSPS) is 14.2. The van der Waals surface area contributed by atoms with Crippen molar-refractivity contribution in [2.24, 2.45) is 11.8 Å². The molecule has 0 aliphatic rings. The number of likely N-dealkylation sites (N-methyl/N-ethyl adjacent to an activating group) is 1. The fourth-order valence-corrected chi connectivity index (χ4v) is 2.06. The lowest BCUT2D eigenvalue weighted by Crippen LogP contribution is -2.42. The molecule has 1 atom stereocenters. The van der Waals surface area contributed by atoms with Crippen LogP contribution in [0.4, 0.5) is 0 Å². The molecule has 1 unspecified atom stereocenters. The first-order valence-corrected chi connectivity index (χ1v) is 6.41. The quantitative estimate of drug-likeness (QED) is 0.668. The summed E-state index contributed by atoms with van der Waals surface area (Å²) in [5, 5.41) is 3.48. The molecule has 2 nitrogen and oxygen atoms in total. The van der Waals surface area contributed by atoms with Crippen molar-refractivity contribution in [2.45, 2.75) is 47.6 Å². The lowest BCUT2D eigenvalue weighted by molar-refractivity contribution is 0.202.